The Morgan fingerprint density at radius 3 is 2.60 bits per heavy atom. The molecule has 1 heterocycles. The number of nitrogens with zero attached hydrogens (tertiary/aromatic N) is 2. The molecule has 4 nitrogen and oxygen atoms in total. The average molecular weight is 280 g/mol. The number of aliphatic carboxylic acids is 1. The van der Waals surface area contributed by atoms with E-state index >= 15 is 0 Å². The molecule has 1 N–H and O–H groups in total. The molecule has 0 amide bonds. The number of rotatable bonds is 5. The van der Waals surface area contributed by atoms with Crippen molar-refractivity contribution in [1.29, 1.82) is 0 Å². The second kappa shape index (κ2) is 6.81. The first-order valence-electron chi connectivity index (χ1n) is 7.04. The van der Waals surface area contributed by atoms with E-state index < -0.39 is 5.97 Å². The molecule has 2 rings (SSSR count). The summed E-state index contributed by atoms with van der Waals surface area (Å²) < 4.78 is 13.3. The molecule has 0 saturated carbocycles. The molecule has 0 aromatic heterocycles. The van der Waals surface area contributed by atoms with Gasteiger partial charge in [-0.3, -0.25) is 14.6 Å². The van der Waals surface area contributed by atoms with Crippen LogP contribution in [0.15, 0.2) is 24.3 Å². The van der Waals surface area contributed by atoms with Crippen molar-refractivity contribution in [2.45, 2.75) is 19.4 Å². The highest BCUT2D eigenvalue weighted by Gasteiger charge is 2.24. The Labute approximate surface area is 118 Å². The largest absolute Gasteiger partial charge is 0.480 e. The number of carboxylic acid groups (broad SMARTS) is 1. The second-order valence-electron chi connectivity index (χ2n) is 5.18. The lowest BCUT2D eigenvalue weighted by atomic mass is 10.0. The van der Waals surface area contributed by atoms with Gasteiger partial charge in [0.05, 0.1) is 6.54 Å². The molecule has 0 spiro atoms. The van der Waals surface area contributed by atoms with Crippen molar-refractivity contribution in [3.8, 4) is 0 Å². The Kier molecular flexibility index (Phi) is 5.09. The van der Waals surface area contributed by atoms with Gasteiger partial charge in [0, 0.05) is 32.2 Å². The number of halogens is 1. The van der Waals surface area contributed by atoms with Gasteiger partial charge in [0.2, 0.25) is 0 Å². The fourth-order valence-electron chi connectivity index (χ4n) is 2.84. The smallest absolute Gasteiger partial charge is 0.317 e. The van der Waals surface area contributed by atoms with Gasteiger partial charge >= 0.3 is 5.97 Å². The molecule has 1 aliphatic rings. The Bertz CT molecular complexity index is 459. The summed E-state index contributed by atoms with van der Waals surface area (Å²) in [5.41, 5.74) is 0.999. The molecule has 1 aliphatic heterocycles. The molecular formula is C15H21FN2O2. The molecule has 5 heteroatoms. The topological polar surface area (TPSA) is 43.8 Å². The lowest BCUT2D eigenvalue weighted by molar-refractivity contribution is -0.138. The molecule has 0 bridgehead atoms. The SMILES string of the molecule is CCC(c1cccc(F)c1)N1CCN(CC(=O)O)CC1. The van der Waals surface area contributed by atoms with Crippen LogP contribution in [0.1, 0.15) is 24.9 Å². The van der Waals surface area contributed by atoms with Gasteiger partial charge in [0.25, 0.3) is 0 Å². The summed E-state index contributed by atoms with van der Waals surface area (Å²) in [6.07, 6.45) is 0.919. The highest BCUT2D eigenvalue weighted by Crippen LogP contribution is 2.25. The lowest BCUT2D eigenvalue weighted by Gasteiger charge is -2.38. The van der Waals surface area contributed by atoms with Crippen LogP contribution in [-0.2, 0) is 4.79 Å². The molecule has 1 saturated heterocycles. The predicted octanol–water partition coefficient (Wildman–Crippen LogP) is 1.98. The highest BCUT2D eigenvalue weighted by molar-refractivity contribution is 5.69. The standard InChI is InChI=1S/C15H21FN2O2/c1-2-14(12-4-3-5-13(16)10-12)18-8-6-17(7-9-18)11-15(19)20/h3-5,10,14H,2,6-9,11H2,1H3,(H,19,20). The molecule has 1 aromatic rings. The van der Waals surface area contributed by atoms with Crippen LogP contribution in [0.25, 0.3) is 0 Å². The van der Waals surface area contributed by atoms with Crippen LogP contribution in [0, 0.1) is 5.82 Å². The van der Waals surface area contributed by atoms with Crippen molar-refractivity contribution in [2.75, 3.05) is 32.7 Å². The normalized spacial score (nSPS) is 18.9. The Morgan fingerprint density at radius 1 is 1.35 bits per heavy atom. The highest BCUT2D eigenvalue weighted by atomic mass is 19.1. The third-order valence-corrected chi connectivity index (χ3v) is 3.83. The summed E-state index contributed by atoms with van der Waals surface area (Å²) in [6, 6.07) is 6.96. The van der Waals surface area contributed by atoms with E-state index in [1.165, 1.54) is 6.07 Å². The van der Waals surface area contributed by atoms with E-state index in [4.69, 9.17) is 5.11 Å². The lowest BCUT2D eigenvalue weighted by Crippen LogP contribution is -2.48. The number of benzene rings is 1. The molecule has 110 valence electrons. The molecule has 0 aliphatic carbocycles. The quantitative estimate of drug-likeness (QED) is 0.895. The molecular weight excluding hydrogens is 259 g/mol. The summed E-state index contributed by atoms with van der Waals surface area (Å²) in [6.45, 7) is 5.34. The summed E-state index contributed by atoms with van der Waals surface area (Å²) in [4.78, 5) is 15.0. The minimum atomic E-state index is -0.782. The van der Waals surface area contributed by atoms with Gasteiger partial charge in [0.1, 0.15) is 5.82 Å². The number of piperazine rings is 1. The summed E-state index contributed by atoms with van der Waals surface area (Å²) in [5.74, 6) is -0.985. The van der Waals surface area contributed by atoms with Crippen LogP contribution in [-0.4, -0.2) is 53.6 Å². The molecule has 1 fully saturated rings. The van der Waals surface area contributed by atoms with Crippen molar-refractivity contribution in [1.82, 2.24) is 9.80 Å². The van der Waals surface area contributed by atoms with Crippen LogP contribution in [0.2, 0.25) is 0 Å². The Hall–Kier alpha value is -1.46. The summed E-state index contributed by atoms with van der Waals surface area (Å²) in [5, 5.41) is 8.80. The van der Waals surface area contributed by atoms with Crippen molar-refractivity contribution in [3.63, 3.8) is 0 Å². The van der Waals surface area contributed by atoms with E-state index in [1.54, 1.807) is 12.1 Å². The van der Waals surface area contributed by atoms with Crippen LogP contribution >= 0.6 is 0 Å². The zero-order valence-corrected chi connectivity index (χ0v) is 11.8. The van der Waals surface area contributed by atoms with E-state index in [0.717, 1.165) is 38.2 Å². The zero-order valence-electron chi connectivity index (χ0n) is 11.8. The van der Waals surface area contributed by atoms with Crippen molar-refractivity contribution >= 4 is 5.97 Å². The molecule has 1 aromatic carbocycles. The number of hydrogen-bond acceptors (Lipinski definition) is 3. The molecule has 20 heavy (non-hydrogen) atoms. The Morgan fingerprint density at radius 2 is 2.05 bits per heavy atom. The van der Waals surface area contributed by atoms with E-state index in [0.29, 0.717) is 0 Å². The maximum atomic E-state index is 13.3. The summed E-state index contributed by atoms with van der Waals surface area (Å²) in [7, 11) is 0. The van der Waals surface area contributed by atoms with Crippen molar-refractivity contribution < 1.29 is 14.3 Å². The first-order chi connectivity index (χ1) is 9.60. The summed E-state index contributed by atoms with van der Waals surface area (Å²) >= 11 is 0. The van der Waals surface area contributed by atoms with Crippen LogP contribution < -0.4 is 0 Å². The maximum Gasteiger partial charge on any atom is 0.317 e. The number of hydrogen-bond donors (Lipinski definition) is 1. The molecule has 1 unspecified atom stereocenters. The fraction of sp³-hybridized carbons (Fsp3) is 0.533. The minimum Gasteiger partial charge on any atom is -0.480 e. The van der Waals surface area contributed by atoms with Crippen molar-refractivity contribution in [2.24, 2.45) is 0 Å². The zero-order chi connectivity index (χ0) is 14.5. The maximum absolute atomic E-state index is 13.3. The number of carboxylic acids is 1. The van der Waals surface area contributed by atoms with E-state index in [9.17, 15) is 9.18 Å². The van der Waals surface area contributed by atoms with Crippen LogP contribution in [0.4, 0.5) is 4.39 Å². The predicted molar refractivity (Wildman–Crippen MR) is 75.1 cm³/mol. The van der Waals surface area contributed by atoms with Crippen molar-refractivity contribution in [3.05, 3.63) is 35.6 Å². The molecule has 1 atom stereocenters. The van der Waals surface area contributed by atoms with Gasteiger partial charge in [-0.15, -0.1) is 0 Å². The fourth-order valence-corrected chi connectivity index (χ4v) is 2.84. The molecule has 0 radical (unpaired) electrons. The van der Waals surface area contributed by atoms with Crippen LogP contribution in [0.3, 0.4) is 0 Å². The van der Waals surface area contributed by atoms with Gasteiger partial charge in [-0.2, -0.15) is 0 Å². The third-order valence-electron chi connectivity index (χ3n) is 3.83. The van der Waals surface area contributed by atoms with Gasteiger partial charge in [-0.1, -0.05) is 19.1 Å². The van der Waals surface area contributed by atoms with E-state index in [-0.39, 0.29) is 18.4 Å². The third kappa shape index (κ3) is 3.77. The van der Waals surface area contributed by atoms with E-state index in [2.05, 4.69) is 11.8 Å². The first kappa shape index (κ1) is 14.9. The second-order valence-corrected chi connectivity index (χ2v) is 5.18. The average Bonchev–Trinajstić information content (AvgIpc) is 2.41. The Balaban J connectivity index is 1.98. The van der Waals surface area contributed by atoms with Gasteiger partial charge in [-0.05, 0) is 24.1 Å². The monoisotopic (exact) mass is 280 g/mol. The van der Waals surface area contributed by atoms with Gasteiger partial charge < -0.3 is 5.11 Å². The van der Waals surface area contributed by atoms with Gasteiger partial charge in [-0.25, -0.2) is 4.39 Å². The minimum absolute atomic E-state index is 0.102. The van der Waals surface area contributed by atoms with Crippen LogP contribution in [0.5, 0.6) is 0 Å². The first-order valence-corrected chi connectivity index (χ1v) is 7.04. The van der Waals surface area contributed by atoms with Gasteiger partial charge in [0.15, 0.2) is 0 Å². The number of carbonyl (C=O) groups is 1. The van der Waals surface area contributed by atoms with E-state index in [1.807, 2.05) is 11.0 Å².